The highest BCUT2D eigenvalue weighted by Gasteiger charge is 2.27. The maximum absolute atomic E-state index is 12.6. The summed E-state index contributed by atoms with van der Waals surface area (Å²) >= 11 is 0. The lowest BCUT2D eigenvalue weighted by molar-refractivity contribution is 0.120. The number of benzene rings is 1. The van der Waals surface area contributed by atoms with Crippen LogP contribution in [0.25, 0.3) is 11.5 Å². The van der Waals surface area contributed by atoms with E-state index in [1.54, 1.807) is 24.3 Å². The average molecular weight is 402 g/mol. The van der Waals surface area contributed by atoms with Gasteiger partial charge in [0, 0.05) is 31.8 Å². The molecule has 9 heteroatoms. The molecule has 0 radical (unpaired) electrons. The van der Waals surface area contributed by atoms with Crippen LogP contribution >= 0.6 is 0 Å². The number of rotatable bonds is 6. The van der Waals surface area contributed by atoms with Gasteiger partial charge >= 0.3 is 0 Å². The fourth-order valence-corrected chi connectivity index (χ4v) is 5.02. The second-order valence-corrected chi connectivity index (χ2v) is 8.90. The summed E-state index contributed by atoms with van der Waals surface area (Å²) < 4.78 is 38.0. The van der Waals surface area contributed by atoms with Gasteiger partial charge in [-0.05, 0) is 49.9 Å². The third-order valence-electron chi connectivity index (χ3n) is 5.05. The summed E-state index contributed by atoms with van der Waals surface area (Å²) in [6.07, 6.45) is 3.91. The molecule has 0 amide bonds. The van der Waals surface area contributed by atoms with Gasteiger partial charge in [0.25, 0.3) is 0 Å². The van der Waals surface area contributed by atoms with Crippen LogP contribution in [0, 0.1) is 11.3 Å². The first-order chi connectivity index (χ1) is 13.6. The van der Waals surface area contributed by atoms with Gasteiger partial charge in [-0.3, -0.25) is 0 Å². The maximum Gasteiger partial charge on any atom is 0.243 e. The number of nitrogens with one attached hydrogen (secondary N) is 1. The second-order valence-electron chi connectivity index (χ2n) is 6.96. The fourth-order valence-electron chi connectivity index (χ4n) is 3.50. The number of hydrogen-bond acceptors (Lipinski definition) is 7. The number of sulfonamides is 1. The Morgan fingerprint density at radius 3 is 2.61 bits per heavy atom. The molecule has 1 atom stereocenters. The number of nitriles is 1. The number of hydrogen-bond donors (Lipinski definition) is 1. The van der Waals surface area contributed by atoms with E-state index < -0.39 is 10.0 Å². The molecule has 1 aromatic heterocycles. The Morgan fingerprint density at radius 1 is 1.21 bits per heavy atom. The van der Waals surface area contributed by atoms with Crippen molar-refractivity contribution in [3.8, 4) is 17.5 Å². The number of anilines is 1. The van der Waals surface area contributed by atoms with Crippen LogP contribution in [0.1, 0.15) is 31.4 Å². The van der Waals surface area contributed by atoms with Crippen molar-refractivity contribution < 1.29 is 17.6 Å². The molecule has 1 aromatic carbocycles. The molecular formula is C19H22N4O4S. The lowest BCUT2D eigenvalue weighted by Gasteiger charge is -2.15. The van der Waals surface area contributed by atoms with Crippen LogP contribution in [-0.2, 0) is 14.8 Å². The number of ether oxygens (including phenoxy) is 1. The topological polar surface area (TPSA) is 108 Å². The van der Waals surface area contributed by atoms with Crippen LogP contribution < -0.4 is 5.32 Å². The first-order valence-electron chi connectivity index (χ1n) is 9.45. The van der Waals surface area contributed by atoms with Crippen LogP contribution in [-0.4, -0.2) is 50.1 Å². The number of aromatic nitrogens is 1. The Balaban J connectivity index is 1.51. The van der Waals surface area contributed by atoms with Gasteiger partial charge in [-0.1, -0.05) is 0 Å². The molecule has 2 aliphatic rings. The lowest BCUT2D eigenvalue weighted by Crippen LogP contribution is -2.27. The van der Waals surface area contributed by atoms with E-state index in [-0.39, 0.29) is 22.6 Å². The highest BCUT2D eigenvalue weighted by atomic mass is 32.2. The smallest absolute Gasteiger partial charge is 0.243 e. The predicted octanol–water partition coefficient (Wildman–Crippen LogP) is 2.59. The second kappa shape index (κ2) is 7.91. The zero-order chi connectivity index (χ0) is 19.6. The molecule has 2 saturated heterocycles. The summed E-state index contributed by atoms with van der Waals surface area (Å²) in [5, 5.41) is 12.4. The number of oxazole rings is 1. The van der Waals surface area contributed by atoms with E-state index in [2.05, 4.69) is 10.3 Å². The molecule has 2 fully saturated rings. The van der Waals surface area contributed by atoms with Crippen molar-refractivity contribution >= 4 is 15.9 Å². The molecule has 1 N–H and O–H groups in total. The van der Waals surface area contributed by atoms with Gasteiger partial charge in [0.15, 0.2) is 0 Å². The minimum atomic E-state index is -3.46. The van der Waals surface area contributed by atoms with Crippen LogP contribution in [0.5, 0.6) is 0 Å². The Morgan fingerprint density at radius 2 is 1.96 bits per heavy atom. The van der Waals surface area contributed by atoms with Crippen LogP contribution in [0.3, 0.4) is 0 Å². The molecular weight excluding hydrogens is 380 g/mol. The summed E-state index contributed by atoms with van der Waals surface area (Å²) in [6.45, 7) is 2.44. The molecule has 0 unspecified atom stereocenters. The lowest BCUT2D eigenvalue weighted by atomic mass is 10.2. The van der Waals surface area contributed by atoms with Crippen LogP contribution in [0.4, 0.5) is 5.88 Å². The van der Waals surface area contributed by atoms with E-state index in [1.165, 1.54) is 4.31 Å². The summed E-state index contributed by atoms with van der Waals surface area (Å²) in [4.78, 5) is 4.47. The van der Waals surface area contributed by atoms with Gasteiger partial charge in [0.1, 0.15) is 6.07 Å². The molecule has 0 saturated carbocycles. The van der Waals surface area contributed by atoms with Crippen molar-refractivity contribution in [3.63, 3.8) is 0 Å². The average Bonchev–Trinajstić information content (AvgIpc) is 3.48. The van der Waals surface area contributed by atoms with Crippen molar-refractivity contribution in [2.45, 2.75) is 36.7 Å². The van der Waals surface area contributed by atoms with Crippen molar-refractivity contribution in [3.05, 3.63) is 30.0 Å². The summed E-state index contributed by atoms with van der Waals surface area (Å²) in [5.41, 5.74) is 0.781. The van der Waals surface area contributed by atoms with Crippen LogP contribution in [0.2, 0.25) is 0 Å². The zero-order valence-electron chi connectivity index (χ0n) is 15.4. The fraction of sp³-hybridized carbons (Fsp3) is 0.474. The SMILES string of the molecule is N#Cc1nc(-c2ccc(S(=O)(=O)N3CCCC3)cc2)oc1NC[C@@H]1CCCO1. The molecule has 148 valence electrons. The predicted molar refractivity (Wildman–Crippen MR) is 102 cm³/mol. The van der Waals surface area contributed by atoms with E-state index in [0.717, 1.165) is 32.3 Å². The number of nitrogens with zero attached hydrogens (tertiary/aromatic N) is 3. The maximum atomic E-state index is 12.6. The van der Waals surface area contributed by atoms with Crippen LogP contribution in [0.15, 0.2) is 33.6 Å². The largest absolute Gasteiger partial charge is 0.419 e. The first-order valence-corrected chi connectivity index (χ1v) is 10.9. The Kier molecular flexibility index (Phi) is 5.35. The Bertz CT molecular complexity index is 966. The molecule has 0 spiro atoms. The first kappa shape index (κ1) is 18.9. The van der Waals surface area contributed by atoms with Gasteiger partial charge in [0.05, 0.1) is 11.0 Å². The minimum Gasteiger partial charge on any atom is -0.419 e. The van der Waals surface area contributed by atoms with Gasteiger partial charge in [-0.25, -0.2) is 8.42 Å². The molecule has 4 rings (SSSR count). The van der Waals surface area contributed by atoms with E-state index in [9.17, 15) is 13.7 Å². The van der Waals surface area contributed by atoms with Crippen molar-refractivity contribution in [2.24, 2.45) is 0 Å². The van der Waals surface area contributed by atoms with E-state index in [4.69, 9.17) is 9.15 Å². The van der Waals surface area contributed by atoms with E-state index in [0.29, 0.717) is 31.1 Å². The van der Waals surface area contributed by atoms with Gasteiger partial charge < -0.3 is 14.5 Å². The summed E-state index contributed by atoms with van der Waals surface area (Å²) in [6, 6.07) is 8.44. The highest BCUT2D eigenvalue weighted by Crippen LogP contribution is 2.28. The van der Waals surface area contributed by atoms with Gasteiger partial charge in [0.2, 0.25) is 27.5 Å². The summed E-state index contributed by atoms with van der Waals surface area (Å²) in [7, 11) is -3.46. The minimum absolute atomic E-state index is 0.107. The third kappa shape index (κ3) is 3.76. The van der Waals surface area contributed by atoms with Crippen molar-refractivity contribution in [1.29, 1.82) is 5.26 Å². The highest BCUT2D eigenvalue weighted by molar-refractivity contribution is 7.89. The summed E-state index contributed by atoms with van der Waals surface area (Å²) in [5.74, 6) is 0.582. The normalized spacial score (nSPS) is 20.3. The molecule has 28 heavy (non-hydrogen) atoms. The monoisotopic (exact) mass is 402 g/mol. The Hall–Kier alpha value is -2.41. The van der Waals surface area contributed by atoms with E-state index >= 15 is 0 Å². The zero-order valence-corrected chi connectivity index (χ0v) is 16.2. The molecule has 0 bridgehead atoms. The van der Waals surface area contributed by atoms with Gasteiger partial charge in [-0.2, -0.15) is 14.6 Å². The van der Waals surface area contributed by atoms with Crippen molar-refractivity contribution in [2.75, 3.05) is 31.6 Å². The Labute approximate surface area is 164 Å². The molecule has 0 aliphatic carbocycles. The third-order valence-corrected chi connectivity index (χ3v) is 6.96. The van der Waals surface area contributed by atoms with E-state index in [1.807, 2.05) is 6.07 Å². The quantitative estimate of drug-likeness (QED) is 0.791. The molecule has 3 heterocycles. The van der Waals surface area contributed by atoms with Gasteiger partial charge in [-0.15, -0.1) is 0 Å². The molecule has 8 nitrogen and oxygen atoms in total. The molecule has 2 aromatic rings. The van der Waals surface area contributed by atoms with Crippen molar-refractivity contribution in [1.82, 2.24) is 9.29 Å². The molecule has 2 aliphatic heterocycles. The standard InChI is InChI=1S/C19H22N4O4S/c20-12-17-19(21-13-15-4-3-11-26-15)27-18(22-17)14-5-7-16(8-6-14)28(24,25)23-9-1-2-10-23/h5-8,15,21H,1-4,9-11,13H2/t15-/m0/s1.